The Kier molecular flexibility index (Phi) is 9.16. The van der Waals surface area contributed by atoms with Crippen LogP contribution < -0.4 is 0 Å². The summed E-state index contributed by atoms with van der Waals surface area (Å²) in [7, 11) is 0. The van der Waals surface area contributed by atoms with Gasteiger partial charge in [-0.1, -0.05) is 30.3 Å². The summed E-state index contributed by atoms with van der Waals surface area (Å²) >= 11 is 0. The van der Waals surface area contributed by atoms with Crippen LogP contribution in [0.4, 0.5) is 22.0 Å². The summed E-state index contributed by atoms with van der Waals surface area (Å²) in [6.45, 7) is 2.39. The zero-order valence-electron chi connectivity index (χ0n) is 23.1. The van der Waals surface area contributed by atoms with E-state index in [1.54, 1.807) is 12.1 Å². The fourth-order valence-electron chi connectivity index (χ4n) is 5.10. The van der Waals surface area contributed by atoms with Crippen molar-refractivity contribution in [2.75, 3.05) is 45.9 Å². The molecule has 0 aromatic heterocycles. The van der Waals surface area contributed by atoms with E-state index in [0.717, 1.165) is 24.3 Å². The maximum Gasteiger partial charge on any atom is 0.416 e. The lowest BCUT2D eigenvalue weighted by Gasteiger charge is -2.31. The molecule has 0 spiro atoms. The van der Waals surface area contributed by atoms with Crippen molar-refractivity contribution in [2.45, 2.75) is 18.6 Å². The topological polar surface area (TPSA) is 65.5 Å². The van der Waals surface area contributed by atoms with Gasteiger partial charge in [0.15, 0.2) is 0 Å². The molecule has 7 nitrogen and oxygen atoms in total. The van der Waals surface area contributed by atoms with Gasteiger partial charge < -0.3 is 9.64 Å². The summed E-state index contributed by atoms with van der Waals surface area (Å²) in [6.07, 6.45) is -4.41. The van der Waals surface area contributed by atoms with E-state index >= 15 is 0 Å². The number of rotatable bonds is 8. The molecule has 0 saturated carbocycles. The van der Waals surface area contributed by atoms with Crippen molar-refractivity contribution in [3.05, 3.63) is 107 Å². The quantitative estimate of drug-likeness (QED) is 0.336. The molecule has 226 valence electrons. The molecule has 2 amide bonds. The van der Waals surface area contributed by atoms with Crippen LogP contribution >= 0.6 is 0 Å². The predicted octanol–water partition coefficient (Wildman–Crippen LogP) is 5.14. The van der Waals surface area contributed by atoms with E-state index in [0.29, 0.717) is 44.1 Å². The van der Waals surface area contributed by atoms with Crippen molar-refractivity contribution in [2.24, 2.45) is 5.10 Å². The number of hydrogen-bond donors (Lipinski definition) is 0. The van der Waals surface area contributed by atoms with Gasteiger partial charge in [-0.05, 0) is 48.0 Å². The number of nitrogens with zero attached hydrogens (tertiary/aromatic N) is 4. The van der Waals surface area contributed by atoms with E-state index in [-0.39, 0.29) is 24.1 Å². The molecule has 43 heavy (non-hydrogen) atoms. The lowest BCUT2D eigenvalue weighted by molar-refractivity contribution is -0.137. The fraction of sp³-hybridized carbons (Fsp3) is 0.323. The second kappa shape index (κ2) is 13.0. The number of carbonyl (C=O) groups excluding carboxylic acids is 2. The fourth-order valence-corrected chi connectivity index (χ4v) is 5.10. The van der Waals surface area contributed by atoms with Gasteiger partial charge in [-0.15, -0.1) is 0 Å². The Morgan fingerprint density at radius 1 is 0.930 bits per heavy atom. The summed E-state index contributed by atoms with van der Waals surface area (Å²) in [5.41, 5.74) is 0.201. The van der Waals surface area contributed by atoms with Crippen LogP contribution in [0.5, 0.6) is 0 Å². The zero-order valence-corrected chi connectivity index (χ0v) is 23.1. The number of amides is 2. The maximum absolute atomic E-state index is 14.7. The van der Waals surface area contributed by atoms with E-state index in [1.165, 1.54) is 46.3 Å². The lowest BCUT2D eigenvalue weighted by atomic mass is 9.98. The highest BCUT2D eigenvalue weighted by Gasteiger charge is 2.36. The smallest absolute Gasteiger partial charge is 0.379 e. The van der Waals surface area contributed by atoms with E-state index in [9.17, 15) is 31.5 Å². The zero-order chi connectivity index (χ0) is 30.6. The number of morpholine rings is 1. The van der Waals surface area contributed by atoms with Crippen molar-refractivity contribution < 1.29 is 36.3 Å². The maximum atomic E-state index is 14.7. The Morgan fingerprint density at radius 2 is 1.60 bits per heavy atom. The Morgan fingerprint density at radius 3 is 2.26 bits per heavy atom. The third kappa shape index (κ3) is 7.26. The average molecular weight is 601 g/mol. The molecule has 0 aliphatic carbocycles. The molecule has 1 saturated heterocycles. The minimum Gasteiger partial charge on any atom is -0.379 e. The second-order valence-corrected chi connectivity index (χ2v) is 10.3. The Balaban J connectivity index is 1.42. The van der Waals surface area contributed by atoms with E-state index in [4.69, 9.17) is 4.74 Å². The van der Waals surface area contributed by atoms with Crippen LogP contribution in [0.25, 0.3) is 0 Å². The van der Waals surface area contributed by atoms with Gasteiger partial charge in [0.1, 0.15) is 18.2 Å². The van der Waals surface area contributed by atoms with Gasteiger partial charge in [0.05, 0.1) is 30.5 Å². The number of hydrogen-bond acceptors (Lipinski definition) is 5. The number of benzene rings is 3. The molecule has 0 bridgehead atoms. The molecule has 0 N–H and O–H groups in total. The first kappa shape index (κ1) is 30.3. The van der Waals surface area contributed by atoms with Crippen molar-refractivity contribution in [1.29, 1.82) is 0 Å². The minimum absolute atomic E-state index is 0.00479. The molecule has 0 unspecified atom stereocenters. The van der Waals surface area contributed by atoms with Crippen LogP contribution in [0, 0.1) is 11.6 Å². The summed E-state index contributed by atoms with van der Waals surface area (Å²) < 4.78 is 73.1. The SMILES string of the molecule is O=C(c1ccc(C(F)(F)F)cc1)N(CCN1CCOCC1)CC(=O)N1N=C(c2ccccc2F)C[C@@H]1c1ccc(F)cc1. The molecular weight excluding hydrogens is 571 g/mol. The molecule has 5 rings (SSSR count). The summed E-state index contributed by atoms with van der Waals surface area (Å²) in [5, 5.41) is 5.63. The van der Waals surface area contributed by atoms with Gasteiger partial charge in [0.2, 0.25) is 0 Å². The largest absolute Gasteiger partial charge is 0.416 e. The van der Waals surface area contributed by atoms with Crippen LogP contribution in [-0.4, -0.2) is 78.3 Å². The highest BCUT2D eigenvalue weighted by molar-refractivity contribution is 6.04. The van der Waals surface area contributed by atoms with Crippen LogP contribution in [0.15, 0.2) is 77.9 Å². The number of hydrazone groups is 1. The molecule has 12 heteroatoms. The molecule has 2 aliphatic heterocycles. The monoisotopic (exact) mass is 600 g/mol. The Hall–Kier alpha value is -4.16. The van der Waals surface area contributed by atoms with Crippen molar-refractivity contribution in [3.63, 3.8) is 0 Å². The molecule has 1 fully saturated rings. The van der Waals surface area contributed by atoms with Gasteiger partial charge in [-0.3, -0.25) is 14.5 Å². The molecular formula is C31H29F5N4O3. The van der Waals surface area contributed by atoms with Gasteiger partial charge >= 0.3 is 6.18 Å². The highest BCUT2D eigenvalue weighted by atomic mass is 19.4. The van der Waals surface area contributed by atoms with Crippen molar-refractivity contribution >= 4 is 17.5 Å². The number of alkyl halides is 3. The third-order valence-electron chi connectivity index (χ3n) is 7.47. The van der Waals surface area contributed by atoms with Crippen LogP contribution in [0.2, 0.25) is 0 Å². The predicted molar refractivity (Wildman–Crippen MR) is 148 cm³/mol. The van der Waals surface area contributed by atoms with E-state index in [1.807, 2.05) is 0 Å². The van der Waals surface area contributed by atoms with Crippen molar-refractivity contribution in [3.8, 4) is 0 Å². The normalized spacial score (nSPS) is 17.6. The van der Waals surface area contributed by atoms with Gasteiger partial charge in [0, 0.05) is 43.7 Å². The lowest BCUT2D eigenvalue weighted by Crippen LogP contribution is -2.46. The molecule has 2 heterocycles. The Bertz CT molecular complexity index is 1470. The van der Waals surface area contributed by atoms with Crippen LogP contribution in [-0.2, 0) is 15.7 Å². The first-order chi connectivity index (χ1) is 20.6. The van der Waals surface area contributed by atoms with Crippen LogP contribution in [0.1, 0.15) is 39.5 Å². The minimum atomic E-state index is -4.56. The van der Waals surface area contributed by atoms with Crippen molar-refractivity contribution in [1.82, 2.24) is 14.8 Å². The Labute approximate surface area is 245 Å². The highest BCUT2D eigenvalue weighted by Crippen LogP contribution is 2.34. The summed E-state index contributed by atoms with van der Waals surface area (Å²) in [5.74, 6) is -2.18. The van der Waals surface area contributed by atoms with Gasteiger partial charge in [-0.25, -0.2) is 13.8 Å². The molecule has 0 radical (unpaired) electrons. The average Bonchev–Trinajstić information content (AvgIpc) is 3.45. The number of carbonyl (C=O) groups is 2. The van der Waals surface area contributed by atoms with Gasteiger partial charge in [-0.2, -0.15) is 18.3 Å². The molecule has 1 atom stereocenters. The third-order valence-corrected chi connectivity index (χ3v) is 7.47. The van der Waals surface area contributed by atoms with Crippen LogP contribution in [0.3, 0.4) is 0 Å². The summed E-state index contributed by atoms with van der Waals surface area (Å²) in [4.78, 5) is 30.7. The standard InChI is InChI=1S/C31H29F5N4O3/c32-24-11-7-21(8-12-24)28-19-27(25-3-1-2-4-26(25)33)37-40(28)29(41)20-39(14-13-38-15-17-43-18-16-38)30(42)22-5-9-23(10-6-22)31(34,35)36/h1-12,28H,13-20H2/t28-/m1/s1. The summed E-state index contributed by atoms with van der Waals surface area (Å²) in [6, 6.07) is 14.7. The number of halogens is 5. The molecule has 3 aromatic rings. The second-order valence-electron chi connectivity index (χ2n) is 10.3. The van der Waals surface area contributed by atoms with E-state index in [2.05, 4.69) is 10.0 Å². The van der Waals surface area contributed by atoms with Gasteiger partial charge in [0.25, 0.3) is 11.8 Å². The first-order valence-corrected chi connectivity index (χ1v) is 13.8. The molecule has 3 aromatic carbocycles. The number of ether oxygens (including phenoxy) is 1. The first-order valence-electron chi connectivity index (χ1n) is 13.8. The molecule has 2 aliphatic rings. The van der Waals surface area contributed by atoms with E-state index < -0.39 is 47.8 Å².